The van der Waals surface area contributed by atoms with E-state index in [-0.39, 0.29) is 22.9 Å². The van der Waals surface area contributed by atoms with Crippen LogP contribution in [-0.4, -0.2) is 28.2 Å². The van der Waals surface area contributed by atoms with Crippen molar-refractivity contribution in [2.75, 3.05) is 0 Å². The average Bonchev–Trinajstić information content (AvgIpc) is 2.55. The van der Waals surface area contributed by atoms with Crippen LogP contribution >= 0.6 is 0 Å². The van der Waals surface area contributed by atoms with Gasteiger partial charge in [0.05, 0.1) is 0 Å². The highest BCUT2D eigenvalue weighted by Gasteiger charge is 2.19. The zero-order chi connectivity index (χ0) is 16.4. The van der Waals surface area contributed by atoms with E-state index in [2.05, 4.69) is 10.2 Å². The van der Waals surface area contributed by atoms with Gasteiger partial charge in [0.1, 0.15) is 11.4 Å². The fourth-order valence-electron chi connectivity index (χ4n) is 2.12. The second-order valence-electron chi connectivity index (χ2n) is 4.74. The largest absolute Gasteiger partial charge is 0.769 e. The quantitative estimate of drug-likeness (QED) is 0.613. The summed E-state index contributed by atoms with van der Waals surface area (Å²) in [5.41, 5.74) is 1.01. The monoisotopic (exact) mass is 307 g/mol. The van der Waals surface area contributed by atoms with Crippen LogP contribution in [0.2, 0.25) is 0 Å². The van der Waals surface area contributed by atoms with Gasteiger partial charge in [-0.15, -0.1) is 10.2 Å². The summed E-state index contributed by atoms with van der Waals surface area (Å²) < 4.78 is 0. The number of carbonyl (C=O) groups excluding carboxylic acids is 2. The van der Waals surface area contributed by atoms with Gasteiger partial charge in [0.2, 0.25) is 11.6 Å². The summed E-state index contributed by atoms with van der Waals surface area (Å²) in [7, 11) is 0. The van der Waals surface area contributed by atoms with Crippen LogP contribution in [0.3, 0.4) is 0 Å². The minimum Gasteiger partial charge on any atom is -0.769 e. The number of carbonyl (C=O) groups is 2. The van der Waals surface area contributed by atoms with E-state index in [1.165, 1.54) is 12.2 Å². The number of fused-ring (bicyclic) bond motifs is 1. The lowest BCUT2D eigenvalue weighted by atomic mass is 9.95. The molecule has 0 N–H and O–H groups in total. The van der Waals surface area contributed by atoms with E-state index in [4.69, 9.17) is 0 Å². The molecule has 0 spiro atoms. The molecule has 0 aromatic heterocycles. The first kappa shape index (κ1) is 14.8. The van der Waals surface area contributed by atoms with Crippen LogP contribution in [0.25, 0.3) is 6.08 Å². The van der Waals surface area contributed by atoms with Crippen LogP contribution in [-0.2, 0) is 4.79 Å². The first-order chi connectivity index (χ1) is 11.1. The second kappa shape index (κ2) is 5.91. The van der Waals surface area contributed by atoms with Crippen molar-refractivity contribution in [2.45, 2.75) is 0 Å². The molecule has 0 fully saturated rings. The zero-order valence-electron chi connectivity index (χ0n) is 11.7. The number of hydrogen-bond donors (Lipinski definition) is 0. The van der Waals surface area contributed by atoms with Crippen LogP contribution in [0.4, 0.5) is 0 Å². The Labute approximate surface area is 130 Å². The fourth-order valence-corrected chi connectivity index (χ4v) is 2.12. The number of benzene rings is 1. The number of hydroxylamine groups is 2. The molecule has 0 saturated heterocycles. The molecule has 1 aromatic carbocycles. The molecule has 23 heavy (non-hydrogen) atoms. The Hall–Kier alpha value is -3.16. The smallest absolute Gasteiger partial charge is 0.213 e. The van der Waals surface area contributed by atoms with Crippen LogP contribution in [0.1, 0.15) is 15.9 Å². The number of rotatable bonds is 2. The molecule has 7 nitrogen and oxygen atoms in total. The molecular weight excluding hydrogens is 298 g/mol. The first-order valence-electron chi connectivity index (χ1n) is 6.62. The lowest BCUT2D eigenvalue weighted by molar-refractivity contribution is -0.108. The van der Waals surface area contributed by atoms with Gasteiger partial charge in [-0.25, -0.2) is 0 Å². The maximum Gasteiger partial charge on any atom is 0.213 e. The summed E-state index contributed by atoms with van der Waals surface area (Å²) in [5, 5.41) is 28.0. The van der Waals surface area contributed by atoms with E-state index in [0.717, 1.165) is 17.7 Å². The normalized spacial score (nSPS) is 20.0. The molecule has 0 atom stereocenters. The Morgan fingerprint density at radius 3 is 2.30 bits per heavy atom. The van der Waals surface area contributed by atoms with E-state index < -0.39 is 11.0 Å². The molecule has 3 rings (SSSR count). The summed E-state index contributed by atoms with van der Waals surface area (Å²) in [6.07, 6.45) is 6.49. The molecule has 0 bridgehead atoms. The van der Waals surface area contributed by atoms with Crippen molar-refractivity contribution < 1.29 is 9.59 Å². The van der Waals surface area contributed by atoms with Crippen molar-refractivity contribution >= 4 is 29.1 Å². The van der Waals surface area contributed by atoms with Crippen molar-refractivity contribution in [3.05, 3.63) is 75.8 Å². The number of hydrogen-bond acceptors (Lipinski definition) is 7. The van der Waals surface area contributed by atoms with Gasteiger partial charge in [-0.3, -0.25) is 9.59 Å². The van der Waals surface area contributed by atoms with Gasteiger partial charge in [0, 0.05) is 17.3 Å². The van der Waals surface area contributed by atoms with Crippen molar-refractivity contribution in [2.24, 2.45) is 10.2 Å². The Kier molecular flexibility index (Phi) is 3.80. The van der Waals surface area contributed by atoms with Gasteiger partial charge >= 0.3 is 0 Å². The topological polar surface area (TPSA) is 108 Å². The van der Waals surface area contributed by atoms with Crippen molar-refractivity contribution in [3.8, 4) is 0 Å². The van der Waals surface area contributed by atoms with Crippen molar-refractivity contribution in [1.29, 1.82) is 0 Å². The molecular formula is C16H9N3O4-2. The second-order valence-corrected chi connectivity index (χ2v) is 4.74. The third-order valence-electron chi connectivity index (χ3n) is 3.28. The predicted molar refractivity (Wildman–Crippen MR) is 85.5 cm³/mol. The van der Waals surface area contributed by atoms with E-state index in [1.54, 1.807) is 18.2 Å². The third-order valence-corrected chi connectivity index (χ3v) is 3.28. The fraction of sp³-hybridized carbons (Fsp3) is 0. The summed E-state index contributed by atoms with van der Waals surface area (Å²) in [6.45, 7) is 0. The summed E-state index contributed by atoms with van der Waals surface area (Å²) >= 11 is 0. The Bertz CT molecular complexity index is 845. The Morgan fingerprint density at radius 1 is 0.870 bits per heavy atom. The predicted octanol–water partition coefficient (Wildman–Crippen LogP) is 2.01. The molecule has 1 aromatic rings. The maximum absolute atomic E-state index is 12.3. The molecule has 0 radical (unpaired) electrons. The molecule has 0 heterocycles. The van der Waals surface area contributed by atoms with Gasteiger partial charge < -0.3 is 15.6 Å². The highest BCUT2D eigenvalue weighted by Crippen LogP contribution is 2.17. The molecule has 0 saturated carbocycles. The van der Waals surface area contributed by atoms with Crippen LogP contribution in [0.15, 0.2) is 64.5 Å². The number of nitrogens with zero attached hydrogens (tertiary/aromatic N) is 3. The van der Waals surface area contributed by atoms with E-state index >= 15 is 0 Å². The number of Topliss-reactive ketones (excluding diaryl/α,β-unsaturated/α-hetero) is 1. The molecule has 2 aliphatic rings. The Morgan fingerprint density at radius 2 is 1.57 bits per heavy atom. The van der Waals surface area contributed by atoms with Gasteiger partial charge in [0.25, 0.3) is 0 Å². The zero-order valence-corrected chi connectivity index (χ0v) is 11.7. The van der Waals surface area contributed by atoms with Crippen LogP contribution in [0.5, 0.6) is 0 Å². The standard InChI is InChI=1S/C16H9N3O4/c20-15-9-11(19(22)23)6-8-13(15)17-18-14-7-5-10-3-1-2-4-12(10)16(14)21/h1-9H/q-2. The van der Waals surface area contributed by atoms with E-state index in [0.29, 0.717) is 5.56 Å². The average molecular weight is 307 g/mol. The van der Waals surface area contributed by atoms with Gasteiger partial charge in [-0.1, -0.05) is 30.3 Å². The van der Waals surface area contributed by atoms with E-state index in [9.17, 15) is 20.0 Å². The molecule has 0 unspecified atom stereocenters. The van der Waals surface area contributed by atoms with Crippen molar-refractivity contribution in [3.63, 3.8) is 0 Å². The maximum atomic E-state index is 12.3. The van der Waals surface area contributed by atoms with Crippen molar-refractivity contribution in [1.82, 2.24) is 5.23 Å². The Balaban J connectivity index is 1.86. The van der Waals surface area contributed by atoms with Gasteiger partial charge in [-0.2, -0.15) is 0 Å². The summed E-state index contributed by atoms with van der Waals surface area (Å²) in [6, 6.07) is 7.06. The highest BCUT2D eigenvalue weighted by atomic mass is 16.8. The lowest BCUT2D eigenvalue weighted by Gasteiger charge is -2.38. The minimum atomic E-state index is -0.665. The van der Waals surface area contributed by atoms with Gasteiger partial charge in [0.15, 0.2) is 0 Å². The van der Waals surface area contributed by atoms with Crippen LogP contribution < -0.4 is 0 Å². The number of ketones is 2. The third kappa shape index (κ3) is 2.91. The molecule has 114 valence electrons. The SMILES string of the molecule is O=C1C=C(N([O-])[O-])C=CC1=NN=C1C=Cc2ccccc2C1=O. The summed E-state index contributed by atoms with van der Waals surface area (Å²) in [4.78, 5) is 24.0. The highest BCUT2D eigenvalue weighted by molar-refractivity contribution is 6.53. The molecule has 0 amide bonds. The number of allylic oxidation sites excluding steroid dienone is 4. The van der Waals surface area contributed by atoms with Gasteiger partial charge in [-0.05, 0) is 23.8 Å². The van der Waals surface area contributed by atoms with E-state index in [1.807, 2.05) is 12.1 Å². The molecule has 2 aliphatic carbocycles. The summed E-state index contributed by atoms with van der Waals surface area (Å²) in [5.74, 6) is -0.919. The lowest BCUT2D eigenvalue weighted by Crippen LogP contribution is -2.19. The molecule has 0 aliphatic heterocycles. The minimum absolute atomic E-state index is 0.0665. The first-order valence-corrected chi connectivity index (χ1v) is 6.62. The van der Waals surface area contributed by atoms with Crippen LogP contribution in [0, 0.1) is 10.4 Å². The molecule has 7 heteroatoms.